The van der Waals surface area contributed by atoms with E-state index in [0.717, 1.165) is 5.56 Å². The van der Waals surface area contributed by atoms with Crippen molar-refractivity contribution in [1.82, 2.24) is 5.43 Å². The number of benzene rings is 2. The third-order valence-electron chi connectivity index (χ3n) is 3.64. The quantitative estimate of drug-likeness (QED) is 0.391. The molecule has 1 heterocycles. The molecule has 0 fully saturated rings. The van der Waals surface area contributed by atoms with Crippen molar-refractivity contribution in [3.63, 3.8) is 0 Å². The van der Waals surface area contributed by atoms with Gasteiger partial charge in [-0.1, -0.05) is 41.9 Å². The van der Waals surface area contributed by atoms with E-state index in [1.807, 2.05) is 30.3 Å². The fourth-order valence-corrected chi connectivity index (χ4v) is 2.58. The molecule has 3 aromatic rings. The summed E-state index contributed by atoms with van der Waals surface area (Å²) in [5.74, 6) is 0.472. The third-order valence-corrected chi connectivity index (χ3v) is 3.97. The first-order chi connectivity index (χ1) is 13.0. The number of nitrogens with one attached hydrogen (secondary N) is 1. The number of hydrazone groups is 1. The maximum Gasteiger partial charge on any atom is 0.270 e. The van der Waals surface area contributed by atoms with Crippen molar-refractivity contribution in [2.24, 2.45) is 5.10 Å². The van der Waals surface area contributed by atoms with Crippen molar-refractivity contribution in [3.8, 4) is 11.3 Å². The van der Waals surface area contributed by atoms with Gasteiger partial charge in [-0.2, -0.15) is 5.10 Å². The van der Waals surface area contributed by atoms with Crippen LogP contribution in [0.2, 0.25) is 5.02 Å². The van der Waals surface area contributed by atoms with Crippen LogP contribution in [0.25, 0.3) is 11.3 Å². The number of rotatable bonds is 6. The Balaban J connectivity index is 1.66. The minimum Gasteiger partial charge on any atom is -0.455 e. The maximum atomic E-state index is 11.8. The van der Waals surface area contributed by atoms with E-state index in [2.05, 4.69) is 10.5 Å². The molecular weight excluding hydrogens is 370 g/mol. The first-order valence-corrected chi connectivity index (χ1v) is 8.31. The lowest BCUT2D eigenvalue weighted by Crippen LogP contribution is -2.19. The highest BCUT2D eigenvalue weighted by Crippen LogP contribution is 2.32. The monoisotopic (exact) mass is 383 g/mol. The molecule has 1 aromatic heterocycles. The normalized spacial score (nSPS) is 10.9. The van der Waals surface area contributed by atoms with Gasteiger partial charge in [0.25, 0.3) is 5.69 Å². The summed E-state index contributed by atoms with van der Waals surface area (Å²) in [6.07, 6.45) is 1.56. The van der Waals surface area contributed by atoms with Crippen LogP contribution in [0.5, 0.6) is 0 Å². The summed E-state index contributed by atoms with van der Waals surface area (Å²) in [6.45, 7) is 0. The van der Waals surface area contributed by atoms with Gasteiger partial charge in [-0.05, 0) is 23.8 Å². The van der Waals surface area contributed by atoms with Gasteiger partial charge >= 0.3 is 0 Å². The number of nitro benzene ring substituents is 1. The second kappa shape index (κ2) is 8.29. The number of amides is 1. The van der Waals surface area contributed by atoms with Crippen LogP contribution < -0.4 is 5.43 Å². The Morgan fingerprint density at radius 3 is 2.70 bits per heavy atom. The van der Waals surface area contributed by atoms with E-state index in [4.69, 9.17) is 16.0 Å². The minimum absolute atomic E-state index is 0.0887. The Morgan fingerprint density at radius 1 is 1.19 bits per heavy atom. The van der Waals surface area contributed by atoms with Crippen molar-refractivity contribution in [1.29, 1.82) is 0 Å². The van der Waals surface area contributed by atoms with Crippen LogP contribution in [-0.4, -0.2) is 17.0 Å². The van der Waals surface area contributed by atoms with Gasteiger partial charge in [-0.3, -0.25) is 14.9 Å². The zero-order chi connectivity index (χ0) is 19.2. The van der Waals surface area contributed by atoms with Crippen molar-refractivity contribution >= 4 is 29.4 Å². The molecule has 0 aliphatic carbocycles. The number of halogens is 1. The summed E-state index contributed by atoms with van der Waals surface area (Å²) in [5, 5.41) is 15.1. The molecule has 1 N–H and O–H groups in total. The van der Waals surface area contributed by atoms with E-state index in [-0.39, 0.29) is 18.0 Å². The molecule has 136 valence electrons. The summed E-state index contributed by atoms with van der Waals surface area (Å²) >= 11 is 6.09. The molecule has 7 nitrogen and oxygen atoms in total. The lowest BCUT2D eigenvalue weighted by molar-refractivity contribution is -0.384. The molecule has 3 rings (SSSR count). The average molecular weight is 384 g/mol. The molecule has 1 amide bonds. The third kappa shape index (κ3) is 4.80. The van der Waals surface area contributed by atoms with E-state index < -0.39 is 4.92 Å². The fraction of sp³-hybridized carbons (Fsp3) is 0.0526. The number of furan rings is 1. The molecule has 0 unspecified atom stereocenters. The molecule has 0 saturated carbocycles. The number of hydrogen-bond acceptors (Lipinski definition) is 5. The SMILES string of the molecule is O=C(Cc1ccccc1)N/N=C/c1ccc(-c2cc([N+](=O)[O-])ccc2Cl)o1. The van der Waals surface area contributed by atoms with E-state index in [1.54, 1.807) is 12.1 Å². The number of non-ortho nitro benzene ring substituents is 1. The van der Waals surface area contributed by atoms with Crippen molar-refractivity contribution in [3.05, 3.63) is 87.1 Å². The van der Waals surface area contributed by atoms with Crippen molar-refractivity contribution in [2.75, 3.05) is 0 Å². The summed E-state index contributed by atoms with van der Waals surface area (Å²) in [7, 11) is 0. The van der Waals surface area contributed by atoms with E-state index >= 15 is 0 Å². The van der Waals surface area contributed by atoms with Gasteiger partial charge in [0.2, 0.25) is 5.91 Å². The standard InChI is InChI=1S/C19H14ClN3O4/c20-17-8-6-14(23(25)26)11-16(17)18-9-7-15(27-18)12-21-22-19(24)10-13-4-2-1-3-5-13/h1-9,11-12H,10H2,(H,22,24)/b21-12+. The van der Waals surface area contributed by atoms with Crippen LogP contribution >= 0.6 is 11.6 Å². The van der Waals surface area contributed by atoms with Crippen LogP contribution in [0.1, 0.15) is 11.3 Å². The van der Waals surface area contributed by atoms with Crippen LogP contribution in [0.3, 0.4) is 0 Å². The summed E-state index contributed by atoms with van der Waals surface area (Å²) in [5.41, 5.74) is 3.61. The van der Waals surface area contributed by atoms with Gasteiger partial charge in [0.1, 0.15) is 11.5 Å². The molecule has 0 aliphatic heterocycles. The van der Waals surface area contributed by atoms with E-state index in [1.165, 1.54) is 24.4 Å². The Morgan fingerprint density at radius 2 is 1.96 bits per heavy atom. The number of carbonyl (C=O) groups excluding carboxylic acids is 1. The highest BCUT2D eigenvalue weighted by molar-refractivity contribution is 6.33. The molecule has 0 spiro atoms. The first kappa shape index (κ1) is 18.3. The van der Waals surface area contributed by atoms with Gasteiger partial charge in [-0.15, -0.1) is 0 Å². The molecule has 2 aromatic carbocycles. The average Bonchev–Trinajstić information content (AvgIpc) is 3.11. The van der Waals surface area contributed by atoms with Gasteiger partial charge < -0.3 is 4.42 Å². The van der Waals surface area contributed by atoms with E-state index in [0.29, 0.717) is 22.1 Å². The molecule has 0 atom stereocenters. The number of hydrogen-bond donors (Lipinski definition) is 1. The molecule has 27 heavy (non-hydrogen) atoms. The molecular formula is C19H14ClN3O4. The minimum atomic E-state index is -0.507. The zero-order valence-corrected chi connectivity index (χ0v) is 14.7. The van der Waals surface area contributed by atoms with Gasteiger partial charge in [0.15, 0.2) is 0 Å². The maximum absolute atomic E-state index is 11.8. The lowest BCUT2D eigenvalue weighted by atomic mass is 10.1. The second-order valence-electron chi connectivity index (χ2n) is 5.58. The zero-order valence-electron chi connectivity index (χ0n) is 14.0. The first-order valence-electron chi connectivity index (χ1n) is 7.93. The Kier molecular flexibility index (Phi) is 5.63. The molecule has 0 radical (unpaired) electrons. The largest absolute Gasteiger partial charge is 0.455 e. The van der Waals surface area contributed by atoms with Crippen LogP contribution in [0.15, 0.2) is 70.2 Å². The summed E-state index contributed by atoms with van der Waals surface area (Å²) in [4.78, 5) is 22.2. The van der Waals surface area contributed by atoms with Gasteiger partial charge in [-0.25, -0.2) is 5.43 Å². The van der Waals surface area contributed by atoms with Crippen LogP contribution in [0, 0.1) is 10.1 Å². The predicted molar refractivity (Wildman–Crippen MR) is 102 cm³/mol. The smallest absolute Gasteiger partial charge is 0.270 e. The van der Waals surface area contributed by atoms with Gasteiger partial charge in [0.05, 0.1) is 22.6 Å². The summed E-state index contributed by atoms with van der Waals surface area (Å²) < 4.78 is 5.58. The highest BCUT2D eigenvalue weighted by atomic mass is 35.5. The van der Waals surface area contributed by atoms with Crippen molar-refractivity contribution < 1.29 is 14.1 Å². The predicted octanol–water partition coefficient (Wildman–Crippen LogP) is 4.20. The molecule has 0 aliphatic rings. The van der Waals surface area contributed by atoms with Gasteiger partial charge in [0, 0.05) is 17.7 Å². The van der Waals surface area contributed by atoms with Crippen LogP contribution in [0.4, 0.5) is 5.69 Å². The highest BCUT2D eigenvalue weighted by Gasteiger charge is 2.14. The number of nitrogens with zero attached hydrogens (tertiary/aromatic N) is 2. The lowest BCUT2D eigenvalue weighted by Gasteiger charge is -2.01. The van der Waals surface area contributed by atoms with Crippen LogP contribution in [-0.2, 0) is 11.2 Å². The fourth-order valence-electron chi connectivity index (χ4n) is 2.37. The van der Waals surface area contributed by atoms with E-state index in [9.17, 15) is 14.9 Å². The van der Waals surface area contributed by atoms with Crippen molar-refractivity contribution in [2.45, 2.75) is 6.42 Å². The summed E-state index contributed by atoms with van der Waals surface area (Å²) in [6, 6.07) is 16.6. The molecule has 0 saturated heterocycles. The molecule has 0 bridgehead atoms. The second-order valence-corrected chi connectivity index (χ2v) is 5.99. The topological polar surface area (TPSA) is 97.7 Å². The Bertz CT molecular complexity index is 999. The number of carbonyl (C=O) groups is 1. The number of nitro groups is 1. The Hall–Kier alpha value is -3.45. The Labute approximate surface area is 159 Å². The molecule has 8 heteroatoms.